The number of ether oxygens (including phenoxy) is 1. The molecule has 3 N–H and O–H groups in total. The minimum absolute atomic E-state index is 0.00319. The molecule has 3 fully saturated rings. The van der Waals surface area contributed by atoms with Gasteiger partial charge in [0.05, 0.1) is 19.1 Å². The largest absolute Gasteiger partial charge is 0.415 e. The van der Waals surface area contributed by atoms with Crippen LogP contribution in [0.3, 0.4) is 0 Å². The number of hydrogen-bond acceptors (Lipinski definition) is 7. The summed E-state index contributed by atoms with van der Waals surface area (Å²) >= 11 is 1.58. The zero-order chi connectivity index (χ0) is 30.3. The molecule has 1 aromatic carbocycles. The van der Waals surface area contributed by atoms with E-state index in [0.29, 0.717) is 37.3 Å². The van der Waals surface area contributed by atoms with Gasteiger partial charge in [0.2, 0.25) is 11.8 Å². The SMILES string of the molecule is O=C(NCc1cccs1)[C@@H]1CN(C(=O)Oc2ccc3c(c2)CNC3)CCN1C(=O)[C@@H](CC1CCCCC1)NC1CCCCC1. The highest BCUT2D eigenvalue weighted by atomic mass is 32.1. The van der Waals surface area contributed by atoms with Crippen molar-refractivity contribution in [2.75, 3.05) is 19.6 Å². The third-order valence-corrected chi connectivity index (χ3v) is 10.8. The second-order valence-corrected chi connectivity index (χ2v) is 14.0. The molecule has 2 aromatic rings. The van der Waals surface area contributed by atoms with Crippen molar-refractivity contribution in [2.24, 2.45) is 5.92 Å². The number of rotatable bonds is 9. The van der Waals surface area contributed by atoms with Gasteiger partial charge in [0.1, 0.15) is 11.8 Å². The van der Waals surface area contributed by atoms with Gasteiger partial charge in [-0.05, 0) is 59.9 Å². The molecule has 1 aromatic heterocycles. The van der Waals surface area contributed by atoms with Gasteiger partial charge in [-0.2, -0.15) is 0 Å². The first-order valence-electron chi connectivity index (χ1n) is 16.7. The third kappa shape index (κ3) is 7.82. The van der Waals surface area contributed by atoms with E-state index in [-0.39, 0.29) is 24.4 Å². The molecule has 1 saturated heterocycles. The van der Waals surface area contributed by atoms with Gasteiger partial charge in [0, 0.05) is 37.1 Å². The predicted molar refractivity (Wildman–Crippen MR) is 171 cm³/mol. The van der Waals surface area contributed by atoms with Crippen LogP contribution in [0.25, 0.3) is 0 Å². The fourth-order valence-corrected chi connectivity index (χ4v) is 8.04. The molecule has 2 saturated carbocycles. The molecule has 238 valence electrons. The molecule has 4 aliphatic rings. The van der Waals surface area contributed by atoms with Crippen molar-refractivity contribution < 1.29 is 19.1 Å². The first-order valence-corrected chi connectivity index (χ1v) is 17.6. The number of thiophene rings is 1. The average molecular weight is 622 g/mol. The standard InChI is InChI=1S/C34H47N5O4S/c40-32(36-22-29-12-7-17-44-29)31-23-38(34(42)43-28-14-13-25-20-35-21-26(25)19-28)15-16-39(31)33(41)30(18-24-8-3-1-4-9-24)37-27-10-5-2-6-11-27/h7,12-14,17,19,24,27,30-31,35,37H,1-6,8-11,15-16,18,20-23H2,(H,36,40)/t30-,31+/m1/s1. The quantitative estimate of drug-likeness (QED) is 0.367. The van der Waals surface area contributed by atoms with Crippen LogP contribution in [0.4, 0.5) is 4.79 Å². The van der Waals surface area contributed by atoms with Crippen molar-refractivity contribution in [2.45, 2.75) is 108 Å². The number of carbonyl (C=O) groups excluding carboxylic acids is 3. The molecule has 10 heteroatoms. The van der Waals surface area contributed by atoms with E-state index in [4.69, 9.17) is 4.74 Å². The lowest BCUT2D eigenvalue weighted by Gasteiger charge is -2.42. The highest BCUT2D eigenvalue weighted by molar-refractivity contribution is 7.09. The normalized spacial score (nSPS) is 22.0. The minimum atomic E-state index is -0.782. The monoisotopic (exact) mass is 621 g/mol. The van der Waals surface area contributed by atoms with Crippen LogP contribution in [-0.2, 0) is 29.2 Å². The Hall–Kier alpha value is -2.95. The lowest BCUT2D eigenvalue weighted by Crippen LogP contribution is -2.64. The number of fused-ring (bicyclic) bond motifs is 1. The maximum atomic E-state index is 14.4. The van der Waals surface area contributed by atoms with Crippen LogP contribution in [-0.4, -0.2) is 65.5 Å². The lowest BCUT2D eigenvalue weighted by atomic mass is 9.83. The van der Waals surface area contributed by atoms with Crippen LogP contribution < -0.4 is 20.7 Å². The Bertz CT molecular complexity index is 1250. The molecule has 0 unspecified atom stereocenters. The second-order valence-electron chi connectivity index (χ2n) is 13.0. The molecule has 2 aliphatic heterocycles. The van der Waals surface area contributed by atoms with Crippen LogP contribution in [0, 0.1) is 5.92 Å². The van der Waals surface area contributed by atoms with E-state index in [0.717, 1.165) is 42.8 Å². The molecule has 0 radical (unpaired) electrons. The van der Waals surface area contributed by atoms with Crippen molar-refractivity contribution in [1.82, 2.24) is 25.8 Å². The molecule has 6 rings (SSSR count). The molecular formula is C34H47N5O4S. The van der Waals surface area contributed by atoms with Gasteiger partial charge in [-0.1, -0.05) is 63.5 Å². The first-order chi connectivity index (χ1) is 21.5. The van der Waals surface area contributed by atoms with Gasteiger partial charge >= 0.3 is 6.09 Å². The summed E-state index contributed by atoms with van der Waals surface area (Å²) < 4.78 is 5.78. The Morgan fingerprint density at radius 3 is 2.50 bits per heavy atom. The van der Waals surface area contributed by atoms with Gasteiger partial charge in [0.25, 0.3) is 0 Å². The summed E-state index contributed by atoms with van der Waals surface area (Å²) in [6.45, 7) is 2.70. The maximum absolute atomic E-state index is 14.4. The molecule has 3 amide bonds. The molecule has 0 bridgehead atoms. The Balaban J connectivity index is 1.17. The number of piperazine rings is 1. The number of nitrogens with zero attached hydrogens (tertiary/aromatic N) is 2. The fourth-order valence-electron chi connectivity index (χ4n) is 7.39. The highest BCUT2D eigenvalue weighted by Crippen LogP contribution is 2.30. The van der Waals surface area contributed by atoms with Crippen molar-refractivity contribution in [3.05, 3.63) is 51.7 Å². The van der Waals surface area contributed by atoms with Crippen LogP contribution in [0.15, 0.2) is 35.7 Å². The number of hydrogen-bond donors (Lipinski definition) is 3. The van der Waals surface area contributed by atoms with E-state index in [1.807, 2.05) is 35.7 Å². The summed E-state index contributed by atoms with van der Waals surface area (Å²) in [4.78, 5) is 45.9. The summed E-state index contributed by atoms with van der Waals surface area (Å²) in [5.74, 6) is 0.788. The number of carbonyl (C=O) groups is 3. The van der Waals surface area contributed by atoms with Crippen LogP contribution in [0.2, 0.25) is 0 Å². The summed E-state index contributed by atoms with van der Waals surface area (Å²) in [6, 6.07) is 8.91. The maximum Gasteiger partial charge on any atom is 0.415 e. The van der Waals surface area contributed by atoms with Crippen molar-refractivity contribution in [3.8, 4) is 5.75 Å². The average Bonchev–Trinajstić information content (AvgIpc) is 3.76. The molecule has 2 aliphatic carbocycles. The van der Waals surface area contributed by atoms with Crippen molar-refractivity contribution >= 4 is 29.2 Å². The van der Waals surface area contributed by atoms with Crippen LogP contribution >= 0.6 is 11.3 Å². The van der Waals surface area contributed by atoms with Crippen LogP contribution in [0.1, 0.15) is 86.6 Å². The zero-order valence-electron chi connectivity index (χ0n) is 25.7. The zero-order valence-corrected chi connectivity index (χ0v) is 26.5. The number of amides is 3. The van der Waals surface area contributed by atoms with Gasteiger partial charge < -0.3 is 30.5 Å². The molecule has 2 atom stereocenters. The Morgan fingerprint density at radius 2 is 1.73 bits per heavy atom. The van der Waals surface area contributed by atoms with Gasteiger partial charge in [-0.15, -0.1) is 11.3 Å². The number of nitrogens with one attached hydrogen (secondary N) is 3. The van der Waals surface area contributed by atoms with Crippen molar-refractivity contribution in [1.29, 1.82) is 0 Å². The lowest BCUT2D eigenvalue weighted by molar-refractivity contribution is -0.145. The summed E-state index contributed by atoms with van der Waals surface area (Å²) in [5.41, 5.74) is 2.34. The summed E-state index contributed by atoms with van der Waals surface area (Å²) in [5, 5.41) is 12.1. The van der Waals surface area contributed by atoms with Crippen molar-refractivity contribution in [3.63, 3.8) is 0 Å². The summed E-state index contributed by atoms with van der Waals surface area (Å²) in [7, 11) is 0. The summed E-state index contributed by atoms with van der Waals surface area (Å²) in [6.07, 6.45) is 12.2. The Morgan fingerprint density at radius 1 is 0.955 bits per heavy atom. The van der Waals surface area contributed by atoms with E-state index in [1.54, 1.807) is 21.1 Å². The topological polar surface area (TPSA) is 103 Å². The van der Waals surface area contributed by atoms with E-state index >= 15 is 0 Å². The van der Waals surface area contributed by atoms with Gasteiger partial charge in [-0.25, -0.2) is 4.79 Å². The highest BCUT2D eigenvalue weighted by Gasteiger charge is 2.41. The van der Waals surface area contributed by atoms with Gasteiger partial charge in [0.15, 0.2) is 0 Å². The first kappa shape index (κ1) is 31.0. The second kappa shape index (κ2) is 14.9. The minimum Gasteiger partial charge on any atom is -0.410 e. The Kier molecular flexibility index (Phi) is 10.5. The van der Waals surface area contributed by atoms with E-state index < -0.39 is 12.1 Å². The Labute approximate surface area is 265 Å². The molecule has 9 nitrogen and oxygen atoms in total. The van der Waals surface area contributed by atoms with E-state index in [1.165, 1.54) is 56.9 Å². The smallest absolute Gasteiger partial charge is 0.410 e. The molecule has 44 heavy (non-hydrogen) atoms. The van der Waals surface area contributed by atoms with Gasteiger partial charge in [-0.3, -0.25) is 9.59 Å². The van der Waals surface area contributed by atoms with Crippen LogP contribution in [0.5, 0.6) is 5.75 Å². The number of benzene rings is 1. The predicted octanol–water partition coefficient (Wildman–Crippen LogP) is 4.94. The molecular weight excluding hydrogens is 574 g/mol. The fraction of sp³-hybridized carbons (Fsp3) is 0.618. The molecule has 0 spiro atoms. The van der Waals surface area contributed by atoms with E-state index in [9.17, 15) is 14.4 Å². The molecule has 3 heterocycles. The third-order valence-electron chi connectivity index (χ3n) is 9.89. The van der Waals surface area contributed by atoms with E-state index in [2.05, 4.69) is 16.0 Å².